The van der Waals surface area contributed by atoms with Gasteiger partial charge in [0.25, 0.3) is 0 Å². The summed E-state index contributed by atoms with van der Waals surface area (Å²) >= 11 is 2.72. The zero-order valence-corrected chi connectivity index (χ0v) is 11.1. The summed E-state index contributed by atoms with van der Waals surface area (Å²) in [6.07, 6.45) is 3.51. The minimum absolute atomic E-state index is 0.0417. The van der Waals surface area contributed by atoms with Crippen molar-refractivity contribution in [3.63, 3.8) is 0 Å². The van der Waals surface area contributed by atoms with E-state index in [1.54, 1.807) is 0 Å². The largest absolute Gasteiger partial charge is 0.332 e. The van der Waals surface area contributed by atoms with Crippen LogP contribution in [0.3, 0.4) is 0 Å². The van der Waals surface area contributed by atoms with Gasteiger partial charge in [0, 0.05) is 17.4 Å². The lowest BCUT2D eigenvalue weighted by molar-refractivity contribution is -0.111. The molecule has 2 aliphatic heterocycles. The Balaban J connectivity index is 1.66. The first-order valence-corrected chi connectivity index (χ1v) is 7.71. The second-order valence-electron chi connectivity index (χ2n) is 4.36. The molecule has 0 aromatic rings. The molecule has 0 bridgehead atoms. The van der Waals surface area contributed by atoms with Gasteiger partial charge < -0.3 is 10.6 Å². The number of unbranched alkanes of at least 4 members (excludes halogenated alkanes) is 1. The molecule has 4 N–H and O–H groups in total. The molecule has 96 valence electrons. The zero-order valence-electron chi connectivity index (χ0n) is 9.48. The monoisotopic (exact) mass is 275 g/mol. The fourth-order valence-electron chi connectivity index (χ4n) is 2.32. The van der Waals surface area contributed by atoms with E-state index in [0.29, 0.717) is 17.7 Å². The number of rotatable bonds is 5. The molecule has 0 aromatic carbocycles. The lowest BCUT2D eigenvalue weighted by Crippen LogP contribution is -2.36. The highest BCUT2D eigenvalue weighted by Gasteiger charge is 2.42. The molecule has 2 fully saturated rings. The van der Waals surface area contributed by atoms with Crippen molar-refractivity contribution in [1.82, 2.24) is 10.6 Å². The number of urea groups is 1. The molecular formula is C10H17N3O2S2. The molecule has 3 unspecified atom stereocenters. The Morgan fingerprint density at radius 3 is 3.06 bits per heavy atom. The van der Waals surface area contributed by atoms with Crippen LogP contribution < -0.4 is 15.8 Å². The van der Waals surface area contributed by atoms with Crippen LogP contribution in [0.5, 0.6) is 0 Å². The number of nitrogens with one attached hydrogen (secondary N) is 2. The number of fused-ring (bicyclic) bond motifs is 1. The first kappa shape index (κ1) is 13.0. The van der Waals surface area contributed by atoms with E-state index in [0.717, 1.165) is 37.0 Å². The minimum atomic E-state index is -0.0417. The number of hydrogen-bond donors (Lipinski definition) is 3. The van der Waals surface area contributed by atoms with Gasteiger partial charge in [-0.25, -0.2) is 4.79 Å². The van der Waals surface area contributed by atoms with Gasteiger partial charge in [0.1, 0.15) is 0 Å². The van der Waals surface area contributed by atoms with Crippen molar-refractivity contribution < 1.29 is 9.59 Å². The summed E-state index contributed by atoms with van der Waals surface area (Å²) in [6, 6.07) is 0.519. The highest BCUT2D eigenvalue weighted by molar-refractivity contribution is 8.11. The van der Waals surface area contributed by atoms with Crippen molar-refractivity contribution in [2.24, 2.45) is 5.14 Å². The molecule has 3 atom stereocenters. The van der Waals surface area contributed by atoms with Crippen molar-refractivity contribution in [3.05, 3.63) is 0 Å². The number of carbonyl (C=O) groups excluding carboxylic acids is 2. The van der Waals surface area contributed by atoms with Crippen LogP contribution in [0.25, 0.3) is 0 Å². The predicted molar refractivity (Wildman–Crippen MR) is 70.7 cm³/mol. The summed E-state index contributed by atoms with van der Waals surface area (Å²) in [7, 11) is 0. The van der Waals surface area contributed by atoms with Crippen LogP contribution in [0.4, 0.5) is 4.79 Å². The van der Waals surface area contributed by atoms with Gasteiger partial charge >= 0.3 is 6.03 Å². The van der Waals surface area contributed by atoms with Crippen molar-refractivity contribution in [1.29, 1.82) is 0 Å². The van der Waals surface area contributed by atoms with Gasteiger partial charge in [0.2, 0.25) is 5.12 Å². The van der Waals surface area contributed by atoms with E-state index in [4.69, 9.17) is 5.14 Å². The molecule has 2 heterocycles. The van der Waals surface area contributed by atoms with Gasteiger partial charge in [-0.1, -0.05) is 6.42 Å². The van der Waals surface area contributed by atoms with Crippen molar-refractivity contribution in [2.45, 2.75) is 43.0 Å². The molecule has 0 saturated carbocycles. The number of thioether (sulfide) groups is 1. The van der Waals surface area contributed by atoms with Gasteiger partial charge in [-0.2, -0.15) is 11.8 Å². The molecule has 17 heavy (non-hydrogen) atoms. The molecule has 0 spiro atoms. The van der Waals surface area contributed by atoms with E-state index in [-0.39, 0.29) is 17.2 Å². The Morgan fingerprint density at radius 1 is 1.47 bits per heavy atom. The van der Waals surface area contributed by atoms with Crippen LogP contribution >= 0.6 is 23.7 Å². The number of carbonyl (C=O) groups is 2. The number of amides is 2. The molecule has 0 aromatic heterocycles. The van der Waals surface area contributed by atoms with Crippen LogP contribution in [-0.4, -0.2) is 34.2 Å². The first-order valence-electron chi connectivity index (χ1n) is 5.79. The highest BCUT2D eigenvalue weighted by Crippen LogP contribution is 2.33. The molecule has 2 rings (SSSR count). The predicted octanol–water partition coefficient (Wildman–Crippen LogP) is 0.846. The van der Waals surface area contributed by atoms with Gasteiger partial charge in [-0.3, -0.25) is 9.93 Å². The van der Waals surface area contributed by atoms with Gasteiger partial charge in [0.05, 0.1) is 12.1 Å². The van der Waals surface area contributed by atoms with Crippen LogP contribution in [-0.2, 0) is 4.79 Å². The Labute approximate surface area is 109 Å². The minimum Gasteiger partial charge on any atom is -0.332 e. The topological polar surface area (TPSA) is 84.2 Å². The normalized spacial score (nSPS) is 30.9. The maximum Gasteiger partial charge on any atom is 0.315 e. The number of nitrogens with two attached hydrogens (primary N) is 1. The Bertz CT molecular complexity index is 314. The third-order valence-electron chi connectivity index (χ3n) is 3.19. The van der Waals surface area contributed by atoms with E-state index in [1.165, 1.54) is 0 Å². The maximum absolute atomic E-state index is 11.2. The standard InChI is InChI=1S/C10H17N3O2S2/c11-17-8(14)4-2-1-3-7-9-6(5-16-7)12-10(15)13-9/h6-7,9H,1-5,11H2,(H2,12,13,15). The molecule has 2 amide bonds. The summed E-state index contributed by atoms with van der Waals surface area (Å²) in [5.41, 5.74) is 0. The third-order valence-corrected chi connectivity index (χ3v) is 5.16. The van der Waals surface area contributed by atoms with E-state index >= 15 is 0 Å². The second-order valence-corrected chi connectivity index (χ2v) is 6.32. The molecule has 5 nitrogen and oxygen atoms in total. The maximum atomic E-state index is 11.2. The highest BCUT2D eigenvalue weighted by atomic mass is 32.2. The summed E-state index contributed by atoms with van der Waals surface area (Å²) in [5.74, 6) is 0.992. The van der Waals surface area contributed by atoms with Gasteiger partial charge in [-0.05, 0) is 24.8 Å². The molecule has 7 heteroatoms. The zero-order chi connectivity index (χ0) is 12.3. The third kappa shape index (κ3) is 3.29. The average Bonchev–Trinajstić information content (AvgIpc) is 2.84. The van der Waals surface area contributed by atoms with Crippen molar-refractivity contribution >= 4 is 34.9 Å². The molecule has 0 aliphatic carbocycles. The summed E-state index contributed by atoms with van der Waals surface area (Å²) in [4.78, 5) is 22.2. The lowest BCUT2D eigenvalue weighted by Gasteiger charge is -2.16. The fourth-order valence-corrected chi connectivity index (χ4v) is 4.12. The SMILES string of the molecule is NSC(=O)CCCCC1SCC2NC(=O)NC21. The molecule has 2 saturated heterocycles. The van der Waals surface area contributed by atoms with E-state index in [1.807, 2.05) is 11.8 Å². The smallest absolute Gasteiger partial charge is 0.315 e. The van der Waals surface area contributed by atoms with Crippen LogP contribution in [0, 0.1) is 0 Å². The number of hydrogen-bond acceptors (Lipinski definition) is 5. The average molecular weight is 275 g/mol. The van der Waals surface area contributed by atoms with E-state index < -0.39 is 0 Å². The van der Waals surface area contributed by atoms with Crippen molar-refractivity contribution in [2.75, 3.05) is 5.75 Å². The second kappa shape index (κ2) is 5.97. The Morgan fingerprint density at radius 2 is 2.29 bits per heavy atom. The summed E-state index contributed by atoms with van der Waals surface area (Å²) in [6.45, 7) is 0. The van der Waals surface area contributed by atoms with Crippen molar-refractivity contribution in [3.8, 4) is 0 Å². The lowest BCUT2D eigenvalue weighted by atomic mass is 10.0. The Hall–Kier alpha value is -0.400. The van der Waals surface area contributed by atoms with Crippen LogP contribution in [0.1, 0.15) is 25.7 Å². The van der Waals surface area contributed by atoms with Gasteiger partial charge in [0.15, 0.2) is 0 Å². The molecule has 0 radical (unpaired) electrons. The molecule has 2 aliphatic rings. The fraction of sp³-hybridized carbons (Fsp3) is 0.800. The van der Waals surface area contributed by atoms with Crippen LogP contribution in [0.15, 0.2) is 0 Å². The summed E-state index contributed by atoms with van der Waals surface area (Å²) in [5, 5.41) is 11.6. The van der Waals surface area contributed by atoms with E-state index in [2.05, 4.69) is 10.6 Å². The quantitative estimate of drug-likeness (QED) is 0.393. The first-order chi connectivity index (χ1) is 8.20. The summed E-state index contributed by atoms with van der Waals surface area (Å²) < 4.78 is 0. The molecular weight excluding hydrogens is 258 g/mol. The van der Waals surface area contributed by atoms with Crippen LogP contribution in [0.2, 0.25) is 0 Å². The Kier molecular flexibility index (Phi) is 4.58. The van der Waals surface area contributed by atoms with Gasteiger partial charge in [-0.15, -0.1) is 0 Å². The van der Waals surface area contributed by atoms with E-state index in [9.17, 15) is 9.59 Å².